The molecule has 34 heavy (non-hydrogen) atoms. The molecule has 2 aromatic carbocycles. The number of ether oxygens (including phenoxy) is 2. The maximum atomic E-state index is 13.4. The van der Waals surface area contributed by atoms with Crippen molar-refractivity contribution in [2.24, 2.45) is 0 Å². The molecule has 0 amide bonds. The molecule has 0 saturated carbocycles. The first-order chi connectivity index (χ1) is 16.4. The second-order valence-corrected chi connectivity index (χ2v) is 10.3. The first kappa shape index (κ1) is 25.6. The Morgan fingerprint density at radius 1 is 1.29 bits per heavy atom. The summed E-state index contributed by atoms with van der Waals surface area (Å²) >= 11 is 6.99. The van der Waals surface area contributed by atoms with Gasteiger partial charge in [-0.3, -0.25) is 4.90 Å². The molecule has 3 aromatic rings. The summed E-state index contributed by atoms with van der Waals surface area (Å²) < 4.78 is 27.0. The van der Waals surface area contributed by atoms with Gasteiger partial charge in [-0.05, 0) is 68.9 Å². The summed E-state index contributed by atoms with van der Waals surface area (Å²) in [6.45, 7) is 7.69. The van der Waals surface area contributed by atoms with E-state index in [1.54, 1.807) is 12.1 Å². The van der Waals surface area contributed by atoms with Crippen LogP contribution in [0.1, 0.15) is 21.6 Å². The van der Waals surface area contributed by atoms with Gasteiger partial charge in [0.1, 0.15) is 16.2 Å². The summed E-state index contributed by atoms with van der Waals surface area (Å²) in [6, 6.07) is 8.09. The van der Waals surface area contributed by atoms with Crippen LogP contribution in [-0.4, -0.2) is 51.5 Å². The third-order valence-electron chi connectivity index (χ3n) is 5.78. The summed E-state index contributed by atoms with van der Waals surface area (Å²) in [6.07, 6.45) is 0. The minimum atomic E-state index is -0.439. The van der Waals surface area contributed by atoms with Crippen molar-refractivity contribution in [3.63, 3.8) is 0 Å². The molecule has 2 heterocycles. The highest BCUT2D eigenvalue weighted by atomic mass is 127. The van der Waals surface area contributed by atoms with Gasteiger partial charge in [-0.1, -0.05) is 0 Å². The molecule has 1 fully saturated rings. The lowest BCUT2D eigenvalue weighted by Gasteiger charge is -2.27. The van der Waals surface area contributed by atoms with Crippen molar-refractivity contribution in [2.45, 2.75) is 23.7 Å². The number of hydrogen-bond acceptors (Lipinski definition) is 6. The van der Waals surface area contributed by atoms with Gasteiger partial charge < -0.3 is 19.1 Å². The van der Waals surface area contributed by atoms with Gasteiger partial charge in [0.25, 0.3) is 0 Å². The molecule has 1 saturated heterocycles. The van der Waals surface area contributed by atoms with E-state index < -0.39 is 5.97 Å². The van der Waals surface area contributed by atoms with E-state index in [1.807, 2.05) is 33.2 Å². The minimum Gasteiger partial charge on any atom is -0.506 e. The molecule has 10 heteroatoms. The molecule has 4 rings (SSSR count). The quantitative estimate of drug-likeness (QED) is 0.109. The summed E-state index contributed by atoms with van der Waals surface area (Å²) in [5, 5.41) is 11.7. The number of halogens is 3. The van der Waals surface area contributed by atoms with E-state index in [1.165, 1.54) is 23.9 Å². The van der Waals surface area contributed by atoms with E-state index in [0.29, 0.717) is 53.0 Å². The standard InChI is InChI=1S/C24H23BrFIN2O4S/c1-2-29-19-11-18(25)23(30)17(12-28-7-9-32-10-8-28)21(19)22(24(31)33-14-27)20(29)13-34-16-5-3-15(26)4-6-16/h3-6,11H,1-2,7-10,12-14H2/p+1. The fourth-order valence-corrected chi connectivity index (χ4v) is 5.83. The highest BCUT2D eigenvalue weighted by Crippen LogP contribution is 2.41. The largest absolute Gasteiger partial charge is 0.506 e. The number of thioether (sulfide) groups is 1. The number of fused-ring (bicyclic) bond motifs is 1. The van der Waals surface area contributed by atoms with Gasteiger partial charge in [-0.2, -0.15) is 0 Å². The number of phenolic OH excluding ortho intramolecular Hbond substituents is 1. The average molecular weight is 662 g/mol. The fraction of sp³-hybridized carbons (Fsp3) is 0.333. The van der Waals surface area contributed by atoms with Crippen molar-refractivity contribution in [2.75, 3.05) is 30.9 Å². The summed E-state index contributed by atoms with van der Waals surface area (Å²) in [7, 11) is 0. The van der Waals surface area contributed by atoms with Gasteiger partial charge in [0.15, 0.2) is 6.54 Å². The number of benzene rings is 2. The first-order valence-corrected chi connectivity index (χ1v) is 14.0. The zero-order chi connectivity index (χ0) is 24.2. The van der Waals surface area contributed by atoms with Gasteiger partial charge in [-0.25, -0.2) is 9.18 Å². The third-order valence-corrected chi connectivity index (χ3v) is 7.72. The van der Waals surface area contributed by atoms with Crippen LogP contribution in [0.2, 0.25) is 0 Å². The van der Waals surface area contributed by atoms with Crippen molar-refractivity contribution in [1.29, 1.82) is 0 Å². The Morgan fingerprint density at radius 3 is 2.65 bits per heavy atom. The molecular weight excluding hydrogens is 638 g/mol. The Balaban J connectivity index is 1.86. The Bertz CT molecular complexity index is 1180. The number of phenols is 1. The monoisotopic (exact) mass is 661 g/mol. The molecular formula is C24H24BrFIN2O4S+. The van der Waals surface area contributed by atoms with Crippen molar-refractivity contribution in [3.8, 4) is 5.75 Å². The third kappa shape index (κ3) is 5.35. The number of carbonyl (C=O) groups is 1. The van der Waals surface area contributed by atoms with Gasteiger partial charge in [0, 0.05) is 46.9 Å². The number of rotatable bonds is 8. The molecule has 1 aliphatic rings. The van der Waals surface area contributed by atoms with Gasteiger partial charge in [0.2, 0.25) is 0 Å². The maximum Gasteiger partial charge on any atom is 0.341 e. The fourth-order valence-electron chi connectivity index (χ4n) is 4.16. The smallest absolute Gasteiger partial charge is 0.341 e. The number of hydrogen-bond donors (Lipinski definition) is 1. The molecule has 0 atom stereocenters. The second-order valence-electron chi connectivity index (χ2n) is 7.73. The molecule has 0 radical (unpaired) electrons. The Hall–Kier alpha value is -1.47. The lowest BCUT2D eigenvalue weighted by atomic mass is 10.0. The molecule has 1 aromatic heterocycles. The van der Waals surface area contributed by atoms with E-state index in [2.05, 4.69) is 27.8 Å². The van der Waals surface area contributed by atoms with E-state index in [0.717, 1.165) is 29.2 Å². The number of carbonyl (C=O) groups excluding carboxylic acids is 1. The van der Waals surface area contributed by atoms with Crippen LogP contribution in [0.25, 0.3) is 10.9 Å². The SMILES string of the molecule is [CH2+]Cn1c(CSc2ccc(F)cc2)c(C(=O)OCI)c2c(CN3CCOCC3)c(O)c(Br)cc21. The van der Waals surface area contributed by atoms with Crippen LogP contribution in [0, 0.1) is 12.7 Å². The first-order valence-electron chi connectivity index (χ1n) is 10.7. The molecule has 6 nitrogen and oxygen atoms in total. The van der Waals surface area contributed by atoms with Crippen molar-refractivity contribution in [3.05, 3.63) is 64.4 Å². The predicted molar refractivity (Wildman–Crippen MR) is 143 cm³/mol. The van der Waals surface area contributed by atoms with E-state index in [4.69, 9.17) is 9.47 Å². The molecule has 0 aliphatic carbocycles. The molecule has 180 valence electrons. The molecule has 0 bridgehead atoms. The normalized spacial score (nSPS) is 14.6. The van der Waals surface area contributed by atoms with E-state index in [9.17, 15) is 14.3 Å². The lowest BCUT2D eigenvalue weighted by molar-refractivity contribution is 0.0340. The summed E-state index contributed by atoms with van der Waals surface area (Å²) in [4.78, 5) is 16.3. The van der Waals surface area contributed by atoms with Gasteiger partial charge >= 0.3 is 5.97 Å². The van der Waals surface area contributed by atoms with Crippen molar-refractivity contribution < 1.29 is 23.8 Å². The van der Waals surface area contributed by atoms with Crippen LogP contribution in [0.3, 0.4) is 0 Å². The second kappa shape index (κ2) is 11.5. The summed E-state index contributed by atoms with van der Waals surface area (Å²) in [5.74, 6) is -0.167. The molecule has 1 aliphatic heterocycles. The van der Waals surface area contributed by atoms with Crippen molar-refractivity contribution >= 4 is 67.2 Å². The topological polar surface area (TPSA) is 63.9 Å². The Labute approximate surface area is 224 Å². The van der Waals surface area contributed by atoms with Crippen molar-refractivity contribution in [1.82, 2.24) is 9.47 Å². The predicted octanol–water partition coefficient (Wildman–Crippen LogP) is 5.76. The van der Waals surface area contributed by atoms with E-state index in [-0.39, 0.29) is 16.2 Å². The lowest BCUT2D eigenvalue weighted by Crippen LogP contribution is -2.35. The Morgan fingerprint density at radius 2 is 2.00 bits per heavy atom. The number of morpholine rings is 1. The van der Waals surface area contributed by atoms with E-state index >= 15 is 0 Å². The van der Waals surface area contributed by atoms with Crippen LogP contribution in [-0.2, 0) is 28.3 Å². The van der Waals surface area contributed by atoms with Crippen LogP contribution in [0.15, 0.2) is 39.7 Å². The highest BCUT2D eigenvalue weighted by Gasteiger charge is 2.29. The van der Waals surface area contributed by atoms with Gasteiger partial charge in [0.05, 0.1) is 35.7 Å². The zero-order valence-electron chi connectivity index (χ0n) is 18.4. The minimum absolute atomic E-state index is 0.112. The van der Waals surface area contributed by atoms with Crippen LogP contribution < -0.4 is 0 Å². The molecule has 1 N–H and O–H groups in total. The van der Waals surface area contributed by atoms with Gasteiger partial charge in [-0.15, -0.1) is 11.8 Å². The highest BCUT2D eigenvalue weighted by molar-refractivity contribution is 14.1. The average Bonchev–Trinajstić information content (AvgIpc) is 3.15. The Kier molecular flexibility index (Phi) is 8.67. The zero-order valence-corrected chi connectivity index (χ0v) is 22.9. The molecule has 0 spiro atoms. The van der Waals surface area contributed by atoms with Crippen LogP contribution >= 0.6 is 50.3 Å². The number of alkyl halides is 1. The number of nitrogens with zero attached hydrogens (tertiary/aromatic N) is 2. The van der Waals surface area contributed by atoms with Crippen LogP contribution in [0.5, 0.6) is 5.75 Å². The number of esters is 1. The van der Waals surface area contributed by atoms with Crippen LogP contribution in [0.4, 0.5) is 4.39 Å². The summed E-state index contributed by atoms with van der Waals surface area (Å²) in [5.41, 5.74) is 2.68. The number of aromatic hydroxyl groups is 1. The maximum absolute atomic E-state index is 13.4. The number of aromatic nitrogens is 1. The molecule has 0 unspecified atom stereocenters.